The fourth-order valence-corrected chi connectivity index (χ4v) is 2.07. The van der Waals surface area contributed by atoms with Crippen molar-refractivity contribution in [3.8, 4) is 11.4 Å². The minimum absolute atomic E-state index is 0.00377. The van der Waals surface area contributed by atoms with Gasteiger partial charge in [0.25, 0.3) is 0 Å². The zero-order valence-electron chi connectivity index (χ0n) is 11.4. The average molecular weight is 310 g/mol. The maximum absolute atomic E-state index is 13.1. The number of alkyl halides is 3. The van der Waals surface area contributed by atoms with Crippen molar-refractivity contribution >= 4 is 12.1 Å². The number of nitrogen functional groups attached to an aromatic ring is 1. The molecule has 0 aliphatic carbocycles. The van der Waals surface area contributed by atoms with Crippen molar-refractivity contribution in [2.45, 2.75) is 19.1 Å². The average Bonchev–Trinajstić information content (AvgIpc) is 2.46. The number of hydrogen-bond acceptors (Lipinski definition) is 5. The number of aldehydes is 1. The van der Waals surface area contributed by atoms with E-state index >= 15 is 0 Å². The molecule has 1 heterocycles. The van der Waals surface area contributed by atoms with E-state index < -0.39 is 11.7 Å². The molecule has 0 spiro atoms. The highest BCUT2D eigenvalue weighted by molar-refractivity contribution is 5.65. The zero-order chi connectivity index (χ0) is 16.3. The van der Waals surface area contributed by atoms with Crippen molar-refractivity contribution in [2.75, 3.05) is 5.73 Å². The number of benzene rings is 1. The number of rotatable bonds is 4. The van der Waals surface area contributed by atoms with Crippen LogP contribution in [0.2, 0.25) is 0 Å². The van der Waals surface area contributed by atoms with E-state index in [-0.39, 0.29) is 35.9 Å². The van der Waals surface area contributed by atoms with Crippen molar-refractivity contribution in [2.24, 2.45) is 5.73 Å². The molecule has 0 bridgehead atoms. The van der Waals surface area contributed by atoms with Crippen molar-refractivity contribution in [3.05, 3.63) is 41.1 Å². The second-order valence-electron chi connectivity index (χ2n) is 4.48. The maximum atomic E-state index is 13.1. The maximum Gasteiger partial charge on any atom is 0.417 e. The van der Waals surface area contributed by atoms with Crippen LogP contribution in [0, 0.1) is 0 Å². The molecular formula is C14H13F3N4O. The monoisotopic (exact) mass is 310 g/mol. The lowest BCUT2D eigenvalue weighted by atomic mass is 10.1. The van der Waals surface area contributed by atoms with Crippen molar-refractivity contribution in [1.29, 1.82) is 0 Å². The summed E-state index contributed by atoms with van der Waals surface area (Å²) >= 11 is 0. The lowest BCUT2D eigenvalue weighted by molar-refractivity contribution is -0.137. The quantitative estimate of drug-likeness (QED) is 0.842. The molecule has 1 aromatic heterocycles. The molecular weight excluding hydrogens is 297 g/mol. The first-order chi connectivity index (χ1) is 10.4. The smallest absolute Gasteiger partial charge is 0.383 e. The number of nitrogens with two attached hydrogens (primary N) is 2. The standard InChI is InChI=1S/C14H13F3N4O/c15-14(16,17)10-4-2-1-3-8(10)13-20-11(5-6-22)9(7-18)12(19)21-13/h1-4,6H,5,7,18H2,(H2,19,20,21). The Labute approximate surface area is 124 Å². The summed E-state index contributed by atoms with van der Waals surface area (Å²) in [6.45, 7) is -0.00377. The minimum atomic E-state index is -4.55. The van der Waals surface area contributed by atoms with Gasteiger partial charge in [0, 0.05) is 24.1 Å². The SMILES string of the molecule is NCc1c(N)nc(-c2ccccc2C(F)(F)F)nc1CC=O. The molecule has 0 aliphatic heterocycles. The highest BCUT2D eigenvalue weighted by Gasteiger charge is 2.34. The van der Waals surface area contributed by atoms with Crippen molar-refractivity contribution < 1.29 is 18.0 Å². The highest BCUT2D eigenvalue weighted by Crippen LogP contribution is 2.36. The zero-order valence-corrected chi connectivity index (χ0v) is 11.4. The topological polar surface area (TPSA) is 94.9 Å². The molecule has 22 heavy (non-hydrogen) atoms. The van der Waals surface area contributed by atoms with Gasteiger partial charge in [0.1, 0.15) is 12.1 Å². The third-order valence-electron chi connectivity index (χ3n) is 3.08. The van der Waals surface area contributed by atoms with Gasteiger partial charge in [-0.3, -0.25) is 0 Å². The van der Waals surface area contributed by atoms with Crippen LogP contribution in [-0.4, -0.2) is 16.3 Å². The minimum Gasteiger partial charge on any atom is -0.383 e. The number of halogens is 3. The Morgan fingerprint density at radius 1 is 1.18 bits per heavy atom. The van der Waals surface area contributed by atoms with Crippen LogP contribution < -0.4 is 11.5 Å². The van der Waals surface area contributed by atoms with Gasteiger partial charge >= 0.3 is 6.18 Å². The van der Waals surface area contributed by atoms with Crippen LogP contribution in [0.3, 0.4) is 0 Å². The van der Waals surface area contributed by atoms with Gasteiger partial charge < -0.3 is 16.3 Å². The Balaban J connectivity index is 2.66. The summed E-state index contributed by atoms with van der Waals surface area (Å²) in [5.74, 6) is -0.208. The number of carbonyl (C=O) groups is 1. The summed E-state index contributed by atoms with van der Waals surface area (Å²) in [6, 6.07) is 4.91. The Morgan fingerprint density at radius 2 is 1.86 bits per heavy atom. The van der Waals surface area contributed by atoms with Gasteiger partial charge in [-0.1, -0.05) is 18.2 Å². The second-order valence-corrected chi connectivity index (χ2v) is 4.48. The van der Waals surface area contributed by atoms with Crippen LogP contribution in [0.4, 0.5) is 19.0 Å². The third-order valence-corrected chi connectivity index (χ3v) is 3.08. The first kappa shape index (κ1) is 15.9. The molecule has 2 rings (SSSR count). The van der Waals surface area contributed by atoms with E-state index in [1.54, 1.807) is 0 Å². The van der Waals surface area contributed by atoms with E-state index in [0.717, 1.165) is 6.07 Å². The van der Waals surface area contributed by atoms with Crippen LogP contribution in [0.25, 0.3) is 11.4 Å². The largest absolute Gasteiger partial charge is 0.417 e. The van der Waals surface area contributed by atoms with E-state index in [2.05, 4.69) is 9.97 Å². The molecule has 1 aromatic carbocycles. The van der Waals surface area contributed by atoms with E-state index in [1.807, 2.05) is 0 Å². The normalized spacial score (nSPS) is 11.5. The Kier molecular flexibility index (Phi) is 4.41. The van der Waals surface area contributed by atoms with E-state index in [1.165, 1.54) is 18.2 Å². The number of aromatic nitrogens is 2. The predicted octanol–water partition coefficient (Wildman–Crippen LogP) is 1.94. The van der Waals surface area contributed by atoms with Crippen LogP contribution in [0.15, 0.2) is 24.3 Å². The van der Waals surface area contributed by atoms with Gasteiger partial charge in [-0.2, -0.15) is 13.2 Å². The molecule has 0 radical (unpaired) electrons. The van der Waals surface area contributed by atoms with Gasteiger partial charge in [-0.05, 0) is 6.07 Å². The van der Waals surface area contributed by atoms with Crippen LogP contribution in [-0.2, 0) is 23.9 Å². The molecule has 2 aromatic rings. The summed E-state index contributed by atoms with van der Waals surface area (Å²) in [5.41, 5.74) is 10.8. The van der Waals surface area contributed by atoms with E-state index in [9.17, 15) is 18.0 Å². The summed E-state index contributed by atoms with van der Waals surface area (Å²) in [6.07, 6.45) is -4.06. The second kappa shape index (κ2) is 6.10. The fourth-order valence-electron chi connectivity index (χ4n) is 2.07. The van der Waals surface area contributed by atoms with Crippen molar-refractivity contribution in [1.82, 2.24) is 9.97 Å². The lowest BCUT2D eigenvalue weighted by Gasteiger charge is -2.14. The Hall–Kier alpha value is -2.48. The van der Waals surface area contributed by atoms with Gasteiger partial charge in [0.2, 0.25) is 0 Å². The molecule has 0 saturated heterocycles. The number of anilines is 1. The van der Waals surface area contributed by atoms with Crippen molar-refractivity contribution in [3.63, 3.8) is 0 Å². The molecule has 0 fully saturated rings. The molecule has 0 saturated carbocycles. The first-order valence-corrected chi connectivity index (χ1v) is 6.34. The lowest BCUT2D eigenvalue weighted by Crippen LogP contribution is -2.13. The van der Waals surface area contributed by atoms with Gasteiger partial charge in [0.15, 0.2) is 5.82 Å². The molecule has 0 aliphatic rings. The van der Waals surface area contributed by atoms with Crippen LogP contribution in [0.5, 0.6) is 0 Å². The molecule has 116 valence electrons. The van der Waals surface area contributed by atoms with Gasteiger partial charge in [0.05, 0.1) is 11.3 Å². The number of carbonyl (C=O) groups excluding carboxylic acids is 1. The highest BCUT2D eigenvalue weighted by atomic mass is 19.4. The Bertz CT molecular complexity index is 701. The molecule has 0 atom stereocenters. The molecule has 0 amide bonds. The summed E-state index contributed by atoms with van der Waals surface area (Å²) < 4.78 is 39.2. The third kappa shape index (κ3) is 3.06. The van der Waals surface area contributed by atoms with E-state index in [4.69, 9.17) is 11.5 Å². The van der Waals surface area contributed by atoms with E-state index in [0.29, 0.717) is 11.8 Å². The van der Waals surface area contributed by atoms with Crippen LogP contribution >= 0.6 is 0 Å². The summed E-state index contributed by atoms with van der Waals surface area (Å²) in [7, 11) is 0. The summed E-state index contributed by atoms with van der Waals surface area (Å²) in [4.78, 5) is 18.6. The number of nitrogens with zero attached hydrogens (tertiary/aromatic N) is 2. The predicted molar refractivity (Wildman–Crippen MR) is 74.5 cm³/mol. The molecule has 5 nitrogen and oxygen atoms in total. The van der Waals surface area contributed by atoms with Gasteiger partial charge in [-0.25, -0.2) is 9.97 Å². The summed E-state index contributed by atoms with van der Waals surface area (Å²) in [5, 5.41) is 0. The van der Waals surface area contributed by atoms with Gasteiger partial charge in [-0.15, -0.1) is 0 Å². The Morgan fingerprint density at radius 3 is 2.45 bits per heavy atom. The first-order valence-electron chi connectivity index (χ1n) is 6.34. The fraction of sp³-hybridized carbons (Fsp3) is 0.214. The van der Waals surface area contributed by atoms with Crippen LogP contribution in [0.1, 0.15) is 16.8 Å². The number of hydrogen-bond donors (Lipinski definition) is 2. The molecule has 8 heteroatoms. The molecule has 4 N–H and O–H groups in total. The molecule has 0 unspecified atom stereocenters.